The zero-order chi connectivity index (χ0) is 24.7. The first-order chi connectivity index (χ1) is 16.4. The highest BCUT2D eigenvalue weighted by molar-refractivity contribution is 5.91. The highest BCUT2D eigenvalue weighted by Gasteiger charge is 2.51. The Morgan fingerprint density at radius 2 is 2.00 bits per heavy atom. The maximum atomic E-state index is 13.4. The van der Waals surface area contributed by atoms with Gasteiger partial charge in [-0.3, -0.25) is 9.59 Å². The molecule has 3 rings (SSSR count). The van der Waals surface area contributed by atoms with Crippen LogP contribution in [-0.2, 0) is 20.9 Å². The lowest BCUT2D eigenvalue weighted by Gasteiger charge is -2.55. The molecule has 1 N–H and O–H groups in total. The van der Waals surface area contributed by atoms with Gasteiger partial charge >= 0.3 is 6.03 Å². The van der Waals surface area contributed by atoms with Crippen molar-refractivity contribution in [3.63, 3.8) is 0 Å². The number of fused-ring (bicyclic) bond motifs is 1. The molecule has 0 spiro atoms. The van der Waals surface area contributed by atoms with Gasteiger partial charge in [0.2, 0.25) is 11.8 Å². The fourth-order valence-corrected chi connectivity index (χ4v) is 4.50. The molecule has 2 aliphatic heterocycles. The predicted octanol–water partition coefficient (Wildman–Crippen LogP) is 1.51. The molecule has 2 fully saturated rings. The van der Waals surface area contributed by atoms with E-state index in [1.54, 1.807) is 19.8 Å². The standard InChI is InChI=1S/C25H35N5O4/c1-5-13-34-14-12-27-17-22-29(21(24(27)32)15-19(3)4)23(31)18-28(6-2)30(22)25(33)26-16-20-10-8-7-9-11-20/h1,7-11,19,21-22H,6,12-18H2,2-4H3,(H,26,33)/t21-,22-/m0/s1. The lowest BCUT2D eigenvalue weighted by Crippen LogP contribution is -2.76. The summed E-state index contributed by atoms with van der Waals surface area (Å²) in [6, 6.07) is 8.74. The van der Waals surface area contributed by atoms with Crippen LogP contribution < -0.4 is 5.32 Å². The van der Waals surface area contributed by atoms with Crippen molar-refractivity contribution in [2.75, 3.05) is 39.4 Å². The van der Waals surface area contributed by atoms with Crippen molar-refractivity contribution in [1.29, 1.82) is 0 Å². The summed E-state index contributed by atoms with van der Waals surface area (Å²) in [5.41, 5.74) is 0.979. The zero-order valence-electron chi connectivity index (χ0n) is 20.3. The number of ether oxygens (including phenoxy) is 1. The van der Waals surface area contributed by atoms with Crippen molar-refractivity contribution >= 4 is 17.8 Å². The number of benzene rings is 1. The van der Waals surface area contributed by atoms with Gasteiger partial charge in [0.15, 0.2) is 0 Å². The molecule has 2 saturated heterocycles. The molecular weight excluding hydrogens is 434 g/mol. The van der Waals surface area contributed by atoms with Crippen molar-refractivity contribution < 1.29 is 19.1 Å². The summed E-state index contributed by atoms with van der Waals surface area (Å²) in [6.07, 6.45) is 5.18. The molecule has 0 saturated carbocycles. The predicted molar refractivity (Wildman–Crippen MR) is 128 cm³/mol. The molecule has 0 aliphatic carbocycles. The van der Waals surface area contributed by atoms with Crippen LogP contribution in [0.4, 0.5) is 4.79 Å². The van der Waals surface area contributed by atoms with Crippen LogP contribution >= 0.6 is 0 Å². The molecule has 0 unspecified atom stereocenters. The Balaban J connectivity index is 1.85. The average molecular weight is 470 g/mol. The zero-order valence-corrected chi connectivity index (χ0v) is 20.3. The molecule has 4 amide bonds. The van der Waals surface area contributed by atoms with E-state index >= 15 is 0 Å². The van der Waals surface area contributed by atoms with Crippen molar-refractivity contribution in [3.8, 4) is 12.3 Å². The number of nitrogens with zero attached hydrogens (tertiary/aromatic N) is 4. The van der Waals surface area contributed by atoms with Crippen molar-refractivity contribution in [2.45, 2.75) is 45.9 Å². The largest absolute Gasteiger partial charge is 0.367 e. The molecule has 2 aliphatic rings. The van der Waals surface area contributed by atoms with Crippen LogP contribution in [0.2, 0.25) is 0 Å². The summed E-state index contributed by atoms with van der Waals surface area (Å²) >= 11 is 0. The number of likely N-dealkylation sites (N-methyl/N-ethyl adjacent to an activating group) is 1. The third-order valence-corrected chi connectivity index (χ3v) is 6.08. The van der Waals surface area contributed by atoms with E-state index in [0.29, 0.717) is 32.7 Å². The first-order valence-electron chi connectivity index (χ1n) is 11.8. The van der Waals surface area contributed by atoms with E-state index in [1.807, 2.05) is 51.1 Å². The monoisotopic (exact) mass is 469 g/mol. The Labute approximate surface area is 202 Å². The van der Waals surface area contributed by atoms with Gasteiger partial charge < -0.3 is 19.9 Å². The fourth-order valence-electron chi connectivity index (χ4n) is 4.50. The summed E-state index contributed by atoms with van der Waals surface area (Å²) in [5.74, 6) is 2.37. The van der Waals surface area contributed by atoms with E-state index in [-0.39, 0.29) is 43.5 Å². The topological polar surface area (TPSA) is 85.4 Å². The van der Waals surface area contributed by atoms with Gasteiger partial charge in [-0.1, -0.05) is 57.0 Å². The minimum Gasteiger partial charge on any atom is -0.367 e. The Kier molecular flexibility index (Phi) is 8.91. The molecular formula is C25H35N5O4. The first-order valence-corrected chi connectivity index (χ1v) is 11.8. The molecule has 0 radical (unpaired) electrons. The summed E-state index contributed by atoms with van der Waals surface area (Å²) in [5, 5.41) is 6.34. The van der Waals surface area contributed by atoms with Gasteiger partial charge in [-0.15, -0.1) is 6.42 Å². The number of urea groups is 1. The van der Waals surface area contributed by atoms with E-state index in [2.05, 4.69) is 11.2 Å². The molecule has 0 aromatic heterocycles. The number of terminal acetylenes is 1. The summed E-state index contributed by atoms with van der Waals surface area (Å²) in [7, 11) is 0. The number of carbonyl (C=O) groups is 3. The smallest absolute Gasteiger partial charge is 0.334 e. The van der Waals surface area contributed by atoms with Crippen LogP contribution in [0.15, 0.2) is 30.3 Å². The number of piperazine rings is 1. The molecule has 0 bridgehead atoms. The van der Waals surface area contributed by atoms with E-state index in [4.69, 9.17) is 11.2 Å². The van der Waals surface area contributed by atoms with E-state index in [9.17, 15) is 14.4 Å². The van der Waals surface area contributed by atoms with Crippen LogP contribution in [0, 0.1) is 18.3 Å². The number of nitrogens with one attached hydrogen (secondary N) is 1. The van der Waals surface area contributed by atoms with E-state index in [0.717, 1.165) is 5.56 Å². The summed E-state index contributed by atoms with van der Waals surface area (Å²) in [4.78, 5) is 43.3. The van der Waals surface area contributed by atoms with Crippen LogP contribution in [0.3, 0.4) is 0 Å². The molecule has 1 aromatic carbocycles. The molecule has 2 heterocycles. The molecule has 9 nitrogen and oxygen atoms in total. The SMILES string of the molecule is C#CCOCCN1C[C@H]2N(C(=O)CN(CC)N2C(=O)NCc2ccccc2)[C@@H](CC(C)C)C1=O. The van der Waals surface area contributed by atoms with Gasteiger partial charge in [-0.05, 0) is 17.9 Å². The maximum absolute atomic E-state index is 13.4. The molecule has 1 aromatic rings. The Bertz CT molecular complexity index is 900. The lowest BCUT2D eigenvalue weighted by molar-refractivity contribution is -0.191. The van der Waals surface area contributed by atoms with Gasteiger partial charge in [0.05, 0.1) is 19.7 Å². The highest BCUT2D eigenvalue weighted by atomic mass is 16.5. The second kappa shape index (κ2) is 11.9. The highest BCUT2D eigenvalue weighted by Crippen LogP contribution is 2.29. The number of amides is 4. The Hall–Kier alpha value is -3.09. The van der Waals surface area contributed by atoms with Crippen LogP contribution in [-0.4, -0.2) is 89.3 Å². The van der Waals surface area contributed by atoms with Gasteiger partial charge in [-0.2, -0.15) is 0 Å². The van der Waals surface area contributed by atoms with Gasteiger partial charge in [-0.25, -0.2) is 14.8 Å². The average Bonchev–Trinajstić information content (AvgIpc) is 2.82. The molecule has 9 heteroatoms. The first kappa shape index (κ1) is 25.5. The maximum Gasteiger partial charge on any atom is 0.334 e. The minimum atomic E-state index is -0.623. The van der Waals surface area contributed by atoms with Gasteiger partial charge in [0.25, 0.3) is 0 Å². The van der Waals surface area contributed by atoms with Crippen molar-refractivity contribution in [3.05, 3.63) is 35.9 Å². The van der Waals surface area contributed by atoms with Crippen molar-refractivity contribution in [1.82, 2.24) is 25.1 Å². The Morgan fingerprint density at radius 3 is 2.65 bits per heavy atom. The number of hydrazine groups is 1. The lowest BCUT2D eigenvalue weighted by atomic mass is 9.97. The summed E-state index contributed by atoms with van der Waals surface area (Å²) < 4.78 is 5.40. The normalized spacial score (nSPS) is 21.0. The van der Waals surface area contributed by atoms with Crippen LogP contribution in [0.25, 0.3) is 0 Å². The Morgan fingerprint density at radius 1 is 1.26 bits per heavy atom. The summed E-state index contributed by atoms with van der Waals surface area (Å²) in [6.45, 7) is 7.89. The van der Waals surface area contributed by atoms with Gasteiger partial charge in [0, 0.05) is 19.6 Å². The third-order valence-electron chi connectivity index (χ3n) is 6.08. The van der Waals surface area contributed by atoms with E-state index < -0.39 is 12.2 Å². The quantitative estimate of drug-likeness (QED) is 0.438. The van der Waals surface area contributed by atoms with E-state index in [1.165, 1.54) is 0 Å². The molecule has 184 valence electrons. The minimum absolute atomic E-state index is 0.0545. The fraction of sp³-hybridized carbons (Fsp3) is 0.560. The number of hydrogen-bond donors (Lipinski definition) is 1. The van der Waals surface area contributed by atoms with Gasteiger partial charge in [0.1, 0.15) is 18.8 Å². The number of hydrogen-bond acceptors (Lipinski definition) is 5. The second-order valence-corrected chi connectivity index (χ2v) is 8.94. The van der Waals surface area contributed by atoms with Crippen LogP contribution in [0.5, 0.6) is 0 Å². The van der Waals surface area contributed by atoms with Crippen LogP contribution in [0.1, 0.15) is 32.8 Å². The molecule has 2 atom stereocenters. The number of rotatable bonds is 9. The number of carbonyl (C=O) groups excluding carboxylic acids is 3. The molecule has 34 heavy (non-hydrogen) atoms. The third kappa shape index (κ3) is 5.88. The van der Waals surface area contributed by atoms with Crippen molar-refractivity contribution in [2.24, 2.45) is 5.92 Å². The second-order valence-electron chi connectivity index (χ2n) is 8.94.